The molecule has 7 heteroatoms. The molecule has 0 saturated carbocycles. The lowest BCUT2D eigenvalue weighted by Crippen LogP contribution is -2.14. The number of aliphatic hydroxyl groups excluding tert-OH is 1. The van der Waals surface area contributed by atoms with Gasteiger partial charge in [0.05, 0.1) is 6.61 Å². The van der Waals surface area contributed by atoms with Crippen molar-refractivity contribution in [1.82, 2.24) is 19.6 Å². The highest BCUT2D eigenvalue weighted by Crippen LogP contribution is 2.16. The Kier molecular flexibility index (Phi) is 4.52. The molecule has 0 aliphatic carbocycles. The van der Waals surface area contributed by atoms with E-state index >= 15 is 0 Å². The van der Waals surface area contributed by atoms with Crippen LogP contribution in [0.3, 0.4) is 0 Å². The van der Waals surface area contributed by atoms with Gasteiger partial charge in [0.25, 0.3) is 5.78 Å². The quantitative estimate of drug-likeness (QED) is 0.746. The summed E-state index contributed by atoms with van der Waals surface area (Å²) in [6.45, 7) is 3.82. The van der Waals surface area contributed by atoms with Crippen molar-refractivity contribution in [3.8, 4) is 0 Å². The van der Waals surface area contributed by atoms with Crippen molar-refractivity contribution in [2.24, 2.45) is 0 Å². The van der Waals surface area contributed by atoms with E-state index in [-0.39, 0.29) is 12.5 Å². The van der Waals surface area contributed by atoms with Gasteiger partial charge in [-0.15, -0.1) is 0 Å². The van der Waals surface area contributed by atoms with Gasteiger partial charge in [0, 0.05) is 23.5 Å². The van der Waals surface area contributed by atoms with Gasteiger partial charge in [0.2, 0.25) is 5.91 Å². The number of carbonyl (C=O) groups excluding carboxylic acids is 1. The molecular weight excluding hydrogens is 306 g/mol. The van der Waals surface area contributed by atoms with E-state index in [4.69, 9.17) is 5.11 Å². The van der Waals surface area contributed by atoms with E-state index in [1.165, 1.54) is 6.33 Å². The van der Waals surface area contributed by atoms with Crippen LogP contribution in [0, 0.1) is 13.8 Å². The molecular formula is C17H19N5O2. The monoisotopic (exact) mass is 325 g/mol. The van der Waals surface area contributed by atoms with Crippen molar-refractivity contribution in [3.05, 3.63) is 53.1 Å². The number of carbonyl (C=O) groups is 1. The summed E-state index contributed by atoms with van der Waals surface area (Å²) >= 11 is 0. The Labute approximate surface area is 139 Å². The number of anilines is 1. The van der Waals surface area contributed by atoms with Gasteiger partial charge in [-0.25, -0.2) is 9.50 Å². The summed E-state index contributed by atoms with van der Waals surface area (Å²) in [4.78, 5) is 20.7. The minimum absolute atomic E-state index is 0.0499. The van der Waals surface area contributed by atoms with Crippen LogP contribution in [0.5, 0.6) is 0 Å². The van der Waals surface area contributed by atoms with Crippen LogP contribution in [0.1, 0.15) is 28.9 Å². The maximum Gasteiger partial charge on any atom is 0.252 e. The van der Waals surface area contributed by atoms with Crippen molar-refractivity contribution in [2.45, 2.75) is 33.3 Å². The molecule has 2 heterocycles. The minimum atomic E-state index is -0.0809. The van der Waals surface area contributed by atoms with Gasteiger partial charge >= 0.3 is 0 Å². The Morgan fingerprint density at radius 3 is 2.96 bits per heavy atom. The molecule has 2 N–H and O–H groups in total. The number of aliphatic hydroxyl groups is 1. The molecule has 7 nitrogen and oxygen atoms in total. The van der Waals surface area contributed by atoms with Gasteiger partial charge in [0.15, 0.2) is 0 Å². The third-order valence-electron chi connectivity index (χ3n) is 3.98. The lowest BCUT2D eigenvalue weighted by molar-refractivity contribution is -0.116. The second-order valence-electron chi connectivity index (χ2n) is 5.64. The highest BCUT2D eigenvalue weighted by molar-refractivity contribution is 5.90. The number of benzene rings is 1. The number of fused-ring (bicyclic) bond motifs is 1. The van der Waals surface area contributed by atoms with Gasteiger partial charge in [0.1, 0.15) is 6.33 Å². The molecule has 0 unspecified atom stereocenters. The average Bonchev–Trinajstić information content (AvgIpc) is 3.03. The number of rotatable bonds is 5. The number of aromatic nitrogens is 4. The van der Waals surface area contributed by atoms with E-state index in [9.17, 15) is 4.79 Å². The molecule has 24 heavy (non-hydrogen) atoms. The average molecular weight is 325 g/mol. The normalized spacial score (nSPS) is 11.0. The van der Waals surface area contributed by atoms with E-state index in [1.807, 2.05) is 13.8 Å². The zero-order valence-electron chi connectivity index (χ0n) is 13.7. The molecule has 0 aliphatic heterocycles. The van der Waals surface area contributed by atoms with E-state index < -0.39 is 0 Å². The Balaban J connectivity index is 1.70. The fourth-order valence-electron chi connectivity index (χ4n) is 2.73. The summed E-state index contributed by atoms with van der Waals surface area (Å²) in [7, 11) is 0. The lowest BCUT2D eigenvalue weighted by atomic mass is 10.1. The first-order valence-corrected chi connectivity index (χ1v) is 7.74. The van der Waals surface area contributed by atoms with Crippen LogP contribution >= 0.6 is 0 Å². The third-order valence-corrected chi connectivity index (χ3v) is 3.98. The van der Waals surface area contributed by atoms with Crippen LogP contribution in [0.15, 0.2) is 30.6 Å². The van der Waals surface area contributed by atoms with E-state index in [2.05, 4.69) is 20.4 Å². The molecule has 0 spiro atoms. The first-order chi connectivity index (χ1) is 11.6. The molecule has 124 valence electrons. The molecule has 0 fully saturated rings. The molecule has 0 saturated heterocycles. The summed E-state index contributed by atoms with van der Waals surface area (Å²) in [5.74, 6) is 0.488. The molecule has 3 rings (SSSR count). The van der Waals surface area contributed by atoms with Crippen LogP contribution in [0.2, 0.25) is 0 Å². The fourth-order valence-corrected chi connectivity index (χ4v) is 2.73. The largest absolute Gasteiger partial charge is 0.392 e. The minimum Gasteiger partial charge on any atom is -0.392 e. The molecule has 1 amide bonds. The predicted octanol–water partition coefficient (Wildman–Crippen LogP) is 1.80. The maximum absolute atomic E-state index is 12.2. The third kappa shape index (κ3) is 3.26. The SMILES string of the molecule is Cc1nc2ncnn2c(C)c1CCC(=O)Nc1cccc(CO)c1. The van der Waals surface area contributed by atoms with Gasteiger partial charge in [-0.1, -0.05) is 12.1 Å². The van der Waals surface area contributed by atoms with Crippen LogP contribution in [-0.4, -0.2) is 30.6 Å². The van der Waals surface area contributed by atoms with E-state index in [0.29, 0.717) is 24.3 Å². The maximum atomic E-state index is 12.2. The predicted molar refractivity (Wildman–Crippen MR) is 89.6 cm³/mol. The van der Waals surface area contributed by atoms with Crippen LogP contribution in [-0.2, 0) is 17.8 Å². The molecule has 1 aromatic carbocycles. The molecule has 0 aliphatic rings. The topological polar surface area (TPSA) is 92.4 Å². The first kappa shape index (κ1) is 16.1. The van der Waals surface area contributed by atoms with Crippen LogP contribution in [0.25, 0.3) is 5.78 Å². The van der Waals surface area contributed by atoms with Crippen molar-refractivity contribution in [3.63, 3.8) is 0 Å². The van der Waals surface area contributed by atoms with E-state index in [1.54, 1.807) is 28.8 Å². The van der Waals surface area contributed by atoms with Gasteiger partial charge in [-0.2, -0.15) is 10.1 Å². The van der Waals surface area contributed by atoms with Crippen molar-refractivity contribution >= 4 is 17.4 Å². The van der Waals surface area contributed by atoms with Gasteiger partial charge < -0.3 is 10.4 Å². The number of nitrogens with zero attached hydrogens (tertiary/aromatic N) is 4. The summed E-state index contributed by atoms with van der Waals surface area (Å²) in [6, 6.07) is 7.17. The number of aryl methyl sites for hydroxylation is 2. The first-order valence-electron chi connectivity index (χ1n) is 7.74. The van der Waals surface area contributed by atoms with Gasteiger partial charge in [-0.3, -0.25) is 4.79 Å². The zero-order chi connectivity index (χ0) is 17.1. The second kappa shape index (κ2) is 6.76. The van der Waals surface area contributed by atoms with Crippen molar-refractivity contribution in [1.29, 1.82) is 0 Å². The number of hydrogen-bond donors (Lipinski definition) is 2. The second-order valence-corrected chi connectivity index (χ2v) is 5.64. The van der Waals surface area contributed by atoms with Crippen molar-refractivity contribution in [2.75, 3.05) is 5.32 Å². The van der Waals surface area contributed by atoms with Crippen LogP contribution in [0.4, 0.5) is 5.69 Å². The molecule has 0 radical (unpaired) electrons. The molecule has 2 aromatic heterocycles. The highest BCUT2D eigenvalue weighted by atomic mass is 16.3. The molecule has 3 aromatic rings. The Morgan fingerprint density at radius 1 is 1.33 bits per heavy atom. The van der Waals surface area contributed by atoms with Crippen LogP contribution < -0.4 is 5.32 Å². The number of nitrogens with one attached hydrogen (secondary N) is 1. The summed E-state index contributed by atoms with van der Waals surface area (Å²) < 4.78 is 1.69. The van der Waals surface area contributed by atoms with Crippen molar-refractivity contribution < 1.29 is 9.90 Å². The summed E-state index contributed by atoms with van der Waals surface area (Å²) in [6.07, 6.45) is 2.39. The summed E-state index contributed by atoms with van der Waals surface area (Å²) in [5, 5.41) is 16.2. The number of hydrogen-bond acceptors (Lipinski definition) is 5. The fraction of sp³-hybridized carbons (Fsp3) is 0.294. The number of amides is 1. The van der Waals surface area contributed by atoms with Gasteiger partial charge in [-0.05, 0) is 43.5 Å². The Bertz CT molecular complexity index is 888. The standard InChI is InChI=1S/C17H19N5O2/c1-11-15(12(2)22-17(20-11)18-10-19-22)6-7-16(24)21-14-5-3-4-13(8-14)9-23/h3-5,8,10,23H,6-7,9H2,1-2H3,(H,21,24). The Hall–Kier alpha value is -2.80. The Morgan fingerprint density at radius 2 is 2.17 bits per heavy atom. The lowest BCUT2D eigenvalue weighted by Gasteiger charge is -2.11. The molecule has 0 bridgehead atoms. The smallest absolute Gasteiger partial charge is 0.252 e. The highest BCUT2D eigenvalue weighted by Gasteiger charge is 2.12. The summed E-state index contributed by atoms with van der Waals surface area (Å²) in [5.41, 5.74) is 4.27. The zero-order valence-corrected chi connectivity index (χ0v) is 13.7. The van der Waals surface area contributed by atoms with E-state index in [0.717, 1.165) is 22.5 Å². The molecule has 0 atom stereocenters.